The van der Waals surface area contributed by atoms with Crippen molar-refractivity contribution in [2.75, 3.05) is 59.5 Å². The lowest BCUT2D eigenvalue weighted by Crippen LogP contribution is -2.46. The Morgan fingerprint density at radius 3 is 1.57 bits per heavy atom. The maximum Gasteiger partial charge on any atom is 0.397 e. The highest BCUT2D eigenvalue weighted by Gasteiger charge is 2.41. The lowest BCUT2D eigenvalue weighted by atomic mass is 9.84. The van der Waals surface area contributed by atoms with E-state index in [9.17, 15) is 0 Å². The largest absolute Gasteiger partial charge is 0.481 e. The van der Waals surface area contributed by atoms with Crippen LogP contribution < -0.4 is 9.26 Å². The highest BCUT2D eigenvalue weighted by Crippen LogP contribution is 2.47. The fraction of sp³-hybridized carbons (Fsp3) is 0.778. The van der Waals surface area contributed by atoms with Gasteiger partial charge in [0.25, 0.3) is 0 Å². The summed E-state index contributed by atoms with van der Waals surface area (Å²) in [5.74, 6) is 1.46. The van der Waals surface area contributed by atoms with Crippen LogP contribution in [-0.2, 0) is 27.8 Å². The van der Waals surface area contributed by atoms with Crippen molar-refractivity contribution < 1.29 is 37.0 Å². The number of ether oxygens (including phenoxy) is 4. The molecule has 0 radical (unpaired) electrons. The molecule has 0 N–H and O–H groups in total. The summed E-state index contributed by atoms with van der Waals surface area (Å²) in [6.45, 7) is 16.9. The molecular weight excluding hydrogens is 514 g/mol. The molecule has 3 heterocycles. The first-order valence-corrected chi connectivity index (χ1v) is 15.4. The standard InChI is InChI=1S/C27H44O8P2/c1-6-25(13-28-14-25)19-31-36-24(4,5)34-22-9-11-23(12-10-22)35-37(32-20-26(7-2)15-29-16-26)33-21-27(8-3)17-30-18-27/h9-12,36H,6-8,13-21H2,1-5H3. The minimum Gasteiger partial charge on any atom is -0.481 e. The molecule has 1 unspecified atom stereocenters. The molecule has 0 aromatic heterocycles. The molecule has 1 aromatic rings. The Morgan fingerprint density at radius 1 is 0.730 bits per heavy atom. The van der Waals surface area contributed by atoms with Crippen LogP contribution in [0, 0.1) is 16.2 Å². The molecule has 1 aromatic carbocycles. The van der Waals surface area contributed by atoms with Crippen LogP contribution in [0.4, 0.5) is 0 Å². The summed E-state index contributed by atoms with van der Waals surface area (Å²) in [6.07, 6.45) is 3.07. The Bertz CT molecular complexity index is 795. The number of hydrogen-bond acceptors (Lipinski definition) is 8. The minimum atomic E-state index is -1.56. The van der Waals surface area contributed by atoms with Crippen molar-refractivity contribution in [3.05, 3.63) is 24.3 Å². The van der Waals surface area contributed by atoms with Crippen molar-refractivity contribution in [3.63, 3.8) is 0 Å². The van der Waals surface area contributed by atoms with Gasteiger partial charge < -0.3 is 37.0 Å². The van der Waals surface area contributed by atoms with Crippen LogP contribution in [0.5, 0.6) is 11.5 Å². The summed E-state index contributed by atoms with van der Waals surface area (Å²) in [4.78, 5) is 0. The van der Waals surface area contributed by atoms with Crippen LogP contribution in [0.1, 0.15) is 53.9 Å². The van der Waals surface area contributed by atoms with Gasteiger partial charge in [0.05, 0.1) is 68.3 Å². The molecule has 210 valence electrons. The fourth-order valence-electron chi connectivity index (χ4n) is 4.14. The summed E-state index contributed by atoms with van der Waals surface area (Å²) in [7, 11) is -1.33. The number of hydrogen-bond donors (Lipinski definition) is 0. The predicted octanol–water partition coefficient (Wildman–Crippen LogP) is 6.33. The Hall–Kier alpha value is -0.560. The Morgan fingerprint density at radius 2 is 1.16 bits per heavy atom. The molecule has 0 spiro atoms. The van der Waals surface area contributed by atoms with Gasteiger partial charge in [-0.15, -0.1) is 0 Å². The van der Waals surface area contributed by atoms with Gasteiger partial charge >= 0.3 is 8.60 Å². The number of benzene rings is 1. The highest BCUT2D eigenvalue weighted by molar-refractivity contribution is 7.42. The smallest absolute Gasteiger partial charge is 0.397 e. The van der Waals surface area contributed by atoms with Gasteiger partial charge in [-0.3, -0.25) is 0 Å². The molecule has 10 heteroatoms. The zero-order valence-corrected chi connectivity index (χ0v) is 24.9. The van der Waals surface area contributed by atoms with Gasteiger partial charge in [-0.05, 0) is 57.4 Å². The minimum absolute atomic E-state index is 0.0594. The molecular formula is C27H44O8P2. The van der Waals surface area contributed by atoms with E-state index in [4.69, 9.17) is 37.0 Å². The molecule has 3 saturated heterocycles. The Kier molecular flexibility index (Phi) is 10.1. The summed E-state index contributed by atoms with van der Waals surface area (Å²) < 4.78 is 47.2. The quantitative estimate of drug-likeness (QED) is 0.206. The van der Waals surface area contributed by atoms with Crippen molar-refractivity contribution in [3.8, 4) is 11.5 Å². The van der Waals surface area contributed by atoms with Gasteiger partial charge in [-0.1, -0.05) is 20.8 Å². The zero-order chi connectivity index (χ0) is 26.4. The van der Waals surface area contributed by atoms with E-state index >= 15 is 0 Å². The Balaban J connectivity index is 1.29. The van der Waals surface area contributed by atoms with E-state index in [1.165, 1.54) is 0 Å². The van der Waals surface area contributed by atoms with E-state index < -0.39 is 13.9 Å². The van der Waals surface area contributed by atoms with Gasteiger partial charge in [-0.25, -0.2) is 0 Å². The van der Waals surface area contributed by atoms with Gasteiger partial charge in [0.15, 0.2) is 0 Å². The van der Waals surface area contributed by atoms with Gasteiger partial charge in [-0.2, -0.15) is 0 Å². The molecule has 0 saturated carbocycles. The van der Waals surface area contributed by atoms with Crippen molar-refractivity contribution >= 4 is 17.4 Å². The summed E-state index contributed by atoms with van der Waals surface area (Å²) in [6, 6.07) is 7.64. The van der Waals surface area contributed by atoms with E-state index in [2.05, 4.69) is 20.8 Å². The normalized spacial score (nSPS) is 21.9. The third-order valence-corrected chi connectivity index (χ3v) is 9.65. The zero-order valence-electron chi connectivity index (χ0n) is 23.0. The van der Waals surface area contributed by atoms with E-state index in [1.54, 1.807) is 0 Å². The van der Waals surface area contributed by atoms with Gasteiger partial charge in [0.1, 0.15) is 16.8 Å². The van der Waals surface area contributed by atoms with Crippen LogP contribution in [0.2, 0.25) is 0 Å². The third-order valence-electron chi connectivity index (χ3n) is 7.72. The topological polar surface area (TPSA) is 73.8 Å². The molecule has 3 fully saturated rings. The van der Waals surface area contributed by atoms with E-state index in [-0.39, 0.29) is 25.1 Å². The summed E-state index contributed by atoms with van der Waals surface area (Å²) in [5.41, 5.74) is 0.295. The molecule has 37 heavy (non-hydrogen) atoms. The van der Waals surface area contributed by atoms with Crippen molar-refractivity contribution in [2.45, 2.75) is 59.2 Å². The van der Waals surface area contributed by atoms with Crippen molar-refractivity contribution in [2.24, 2.45) is 16.2 Å². The summed E-state index contributed by atoms with van der Waals surface area (Å²) >= 11 is 0. The molecule has 3 aliphatic rings. The second-order valence-corrected chi connectivity index (χ2v) is 14.2. The lowest BCUT2D eigenvalue weighted by molar-refractivity contribution is -0.142. The predicted molar refractivity (Wildman–Crippen MR) is 145 cm³/mol. The van der Waals surface area contributed by atoms with Crippen LogP contribution in [0.15, 0.2) is 24.3 Å². The number of rotatable bonds is 17. The molecule has 1 atom stereocenters. The van der Waals surface area contributed by atoms with Gasteiger partial charge in [0, 0.05) is 16.2 Å². The molecule has 0 aliphatic carbocycles. The fourth-order valence-corrected chi connectivity index (χ4v) is 6.26. The molecule has 0 bridgehead atoms. The van der Waals surface area contributed by atoms with E-state index in [0.717, 1.165) is 64.7 Å². The summed E-state index contributed by atoms with van der Waals surface area (Å²) in [5, 5.41) is -0.431. The maximum absolute atomic E-state index is 6.24. The third kappa shape index (κ3) is 7.77. The lowest BCUT2D eigenvalue weighted by Gasteiger charge is -2.42. The maximum atomic E-state index is 6.24. The highest BCUT2D eigenvalue weighted by atomic mass is 31.2. The SMILES string of the molecule is CCC1(COPC(C)(C)Oc2ccc(OP(OCC3(CC)COC3)OCC3(CC)COC3)cc2)COC1. The van der Waals surface area contributed by atoms with Crippen LogP contribution in [0.25, 0.3) is 0 Å². The van der Waals surface area contributed by atoms with Crippen LogP contribution in [-0.4, -0.2) is 64.8 Å². The van der Waals surface area contributed by atoms with Crippen LogP contribution in [0.3, 0.4) is 0 Å². The van der Waals surface area contributed by atoms with Crippen LogP contribution >= 0.6 is 17.4 Å². The van der Waals surface area contributed by atoms with Crippen molar-refractivity contribution in [1.82, 2.24) is 0 Å². The second kappa shape index (κ2) is 12.7. The first kappa shape index (κ1) is 29.4. The first-order chi connectivity index (χ1) is 17.7. The second-order valence-electron chi connectivity index (χ2n) is 11.4. The van der Waals surface area contributed by atoms with Gasteiger partial charge in [0.2, 0.25) is 0 Å². The monoisotopic (exact) mass is 558 g/mol. The molecule has 3 aliphatic heterocycles. The van der Waals surface area contributed by atoms with E-state index in [1.807, 2.05) is 38.1 Å². The van der Waals surface area contributed by atoms with E-state index in [0.29, 0.717) is 25.6 Å². The average Bonchev–Trinajstić information content (AvgIpc) is 2.80. The molecule has 0 amide bonds. The Labute approximate surface area is 225 Å². The van der Waals surface area contributed by atoms with Crippen molar-refractivity contribution in [1.29, 1.82) is 0 Å². The molecule has 4 rings (SSSR count). The first-order valence-electron chi connectivity index (χ1n) is 13.4. The molecule has 8 nitrogen and oxygen atoms in total. The average molecular weight is 559 g/mol.